The molecule has 16 heavy (non-hydrogen) atoms. The summed E-state index contributed by atoms with van der Waals surface area (Å²) < 4.78 is 4.48. The van der Waals surface area contributed by atoms with Crippen molar-refractivity contribution >= 4 is 38.1 Å². The monoisotopic (exact) mass is 256 g/mol. The summed E-state index contributed by atoms with van der Waals surface area (Å²) in [6.07, 6.45) is 0.465. The zero-order valence-corrected chi connectivity index (χ0v) is 10.3. The van der Waals surface area contributed by atoms with Gasteiger partial charge in [0.05, 0.1) is 12.8 Å². The fourth-order valence-corrected chi connectivity index (χ4v) is 2.52. The van der Waals surface area contributed by atoms with E-state index < -0.39 is 11.9 Å². The summed E-state index contributed by atoms with van der Waals surface area (Å²) in [5.74, 6) is -1.05. The normalized spacial score (nSPS) is 17.4. The minimum absolute atomic E-state index is 0.119. The molecule has 1 aliphatic heterocycles. The molecule has 0 saturated carbocycles. The van der Waals surface area contributed by atoms with E-state index in [-0.39, 0.29) is 18.8 Å². The summed E-state index contributed by atoms with van der Waals surface area (Å²) in [7, 11) is 2.55. The Morgan fingerprint density at radius 1 is 1.19 bits per heavy atom. The minimum atomic E-state index is -0.466. The summed E-state index contributed by atoms with van der Waals surface area (Å²) in [6, 6.07) is 5.50. The van der Waals surface area contributed by atoms with Gasteiger partial charge in [-0.1, -0.05) is 17.7 Å². The van der Waals surface area contributed by atoms with E-state index in [0.29, 0.717) is 5.02 Å². The second kappa shape index (κ2) is 4.52. The molecule has 1 unspecified atom stereocenters. The van der Waals surface area contributed by atoms with Crippen LogP contribution in [0.5, 0.6) is 0 Å². The molecule has 0 radical (unpaired) electrons. The Kier molecular flexibility index (Phi) is 3.27. The molecule has 2 rings (SSSR count). The molecule has 84 valence electrons. The molecule has 1 saturated heterocycles. The maximum atomic E-state index is 11.1. The van der Waals surface area contributed by atoms with Crippen LogP contribution in [0.4, 0.5) is 0 Å². The van der Waals surface area contributed by atoms with Crippen molar-refractivity contribution in [2.24, 2.45) is 0 Å². The maximum Gasteiger partial charge on any atom is 0.314 e. The minimum Gasteiger partial charge on any atom is -0.393 e. The second-order valence-corrected chi connectivity index (χ2v) is 4.87. The molecular weight excluding hydrogens is 247 g/mol. The fourth-order valence-electron chi connectivity index (χ4n) is 1.79. The number of cyclic esters (lactones) is 2. The lowest BCUT2D eigenvalue weighted by Gasteiger charge is -2.20. The zero-order valence-electron chi connectivity index (χ0n) is 8.40. The van der Waals surface area contributed by atoms with Crippen LogP contribution in [-0.4, -0.2) is 11.9 Å². The molecule has 1 atom stereocenters. The largest absolute Gasteiger partial charge is 0.393 e. The smallest absolute Gasteiger partial charge is 0.314 e. The van der Waals surface area contributed by atoms with E-state index in [0.717, 1.165) is 10.9 Å². The van der Waals surface area contributed by atoms with Crippen LogP contribution < -0.4 is 5.30 Å². The van der Waals surface area contributed by atoms with Crippen molar-refractivity contribution in [2.75, 3.05) is 0 Å². The number of esters is 2. The van der Waals surface area contributed by atoms with Crippen molar-refractivity contribution in [3.05, 3.63) is 28.8 Å². The molecular formula is C11H10ClO3P. The van der Waals surface area contributed by atoms with E-state index in [1.54, 1.807) is 12.1 Å². The lowest BCUT2D eigenvalue weighted by molar-refractivity contribution is -0.163. The molecule has 0 bridgehead atoms. The van der Waals surface area contributed by atoms with E-state index in [9.17, 15) is 9.59 Å². The van der Waals surface area contributed by atoms with Gasteiger partial charge < -0.3 is 4.74 Å². The van der Waals surface area contributed by atoms with Gasteiger partial charge in [0.15, 0.2) is 0 Å². The van der Waals surface area contributed by atoms with Crippen LogP contribution in [0.3, 0.4) is 0 Å². The Hall–Kier alpha value is -0.920. The zero-order chi connectivity index (χ0) is 11.7. The number of halogens is 1. The van der Waals surface area contributed by atoms with Crippen molar-refractivity contribution in [2.45, 2.75) is 18.8 Å². The molecule has 0 N–H and O–H groups in total. The second-order valence-electron chi connectivity index (χ2n) is 3.77. The molecule has 1 aromatic rings. The van der Waals surface area contributed by atoms with Gasteiger partial charge >= 0.3 is 11.9 Å². The highest BCUT2D eigenvalue weighted by atomic mass is 35.5. The number of ether oxygens (including phenoxy) is 1. The van der Waals surface area contributed by atoms with Crippen LogP contribution in [0, 0.1) is 0 Å². The number of carbonyl (C=O) groups is 2. The fraction of sp³-hybridized carbons (Fsp3) is 0.273. The van der Waals surface area contributed by atoms with E-state index in [2.05, 4.69) is 14.0 Å². The van der Waals surface area contributed by atoms with Gasteiger partial charge in [-0.3, -0.25) is 9.59 Å². The highest BCUT2D eigenvalue weighted by Gasteiger charge is 2.28. The topological polar surface area (TPSA) is 43.4 Å². The lowest BCUT2D eigenvalue weighted by atomic mass is 9.91. The summed E-state index contributed by atoms with van der Waals surface area (Å²) in [5.41, 5.74) is 0.905. The Labute approximate surface area is 100 Å². The summed E-state index contributed by atoms with van der Waals surface area (Å²) in [6.45, 7) is 0. The predicted molar refractivity (Wildman–Crippen MR) is 63.9 cm³/mol. The van der Waals surface area contributed by atoms with Gasteiger partial charge in [0.2, 0.25) is 0 Å². The summed E-state index contributed by atoms with van der Waals surface area (Å²) in [5, 5.41) is 1.54. The number of hydrogen-bond acceptors (Lipinski definition) is 3. The third kappa shape index (κ3) is 2.60. The quantitative estimate of drug-likeness (QED) is 0.437. The Morgan fingerprint density at radius 2 is 1.81 bits per heavy atom. The number of benzene rings is 1. The predicted octanol–water partition coefficient (Wildman–Crippen LogP) is 1.79. The number of carbonyl (C=O) groups excluding carboxylic acids is 2. The Balaban J connectivity index is 2.29. The average molecular weight is 257 g/mol. The molecule has 5 heteroatoms. The van der Waals surface area contributed by atoms with E-state index in [1.807, 2.05) is 6.07 Å². The van der Waals surface area contributed by atoms with Crippen LogP contribution in [0.25, 0.3) is 0 Å². The van der Waals surface area contributed by atoms with E-state index >= 15 is 0 Å². The summed E-state index contributed by atoms with van der Waals surface area (Å²) in [4.78, 5) is 22.3. The number of rotatable bonds is 1. The van der Waals surface area contributed by atoms with Gasteiger partial charge in [-0.15, -0.1) is 9.24 Å². The highest BCUT2D eigenvalue weighted by Crippen LogP contribution is 2.29. The van der Waals surface area contributed by atoms with Gasteiger partial charge in [-0.05, 0) is 23.0 Å². The van der Waals surface area contributed by atoms with Gasteiger partial charge in [0.1, 0.15) is 0 Å². The van der Waals surface area contributed by atoms with Crippen molar-refractivity contribution in [3.63, 3.8) is 0 Å². The molecule has 1 aromatic carbocycles. The molecule has 0 aromatic heterocycles. The highest BCUT2D eigenvalue weighted by molar-refractivity contribution is 7.27. The van der Waals surface area contributed by atoms with Crippen LogP contribution in [-0.2, 0) is 14.3 Å². The molecule has 1 fully saturated rings. The van der Waals surface area contributed by atoms with Crippen molar-refractivity contribution in [3.8, 4) is 0 Å². The molecule has 1 aliphatic rings. The molecule has 1 heterocycles. The van der Waals surface area contributed by atoms with Crippen LogP contribution >= 0.6 is 20.8 Å². The number of hydrogen-bond donors (Lipinski definition) is 0. The van der Waals surface area contributed by atoms with Gasteiger partial charge in [-0.25, -0.2) is 0 Å². The Morgan fingerprint density at radius 3 is 2.38 bits per heavy atom. The first kappa shape index (κ1) is 11.6. The third-order valence-electron chi connectivity index (χ3n) is 2.47. The lowest BCUT2D eigenvalue weighted by Crippen LogP contribution is -2.24. The van der Waals surface area contributed by atoms with E-state index in [4.69, 9.17) is 11.6 Å². The van der Waals surface area contributed by atoms with Crippen molar-refractivity contribution < 1.29 is 14.3 Å². The van der Waals surface area contributed by atoms with Gasteiger partial charge in [0, 0.05) is 10.9 Å². The third-order valence-corrected chi connectivity index (χ3v) is 3.02. The van der Waals surface area contributed by atoms with Crippen molar-refractivity contribution in [1.29, 1.82) is 0 Å². The average Bonchev–Trinajstić information content (AvgIpc) is 2.14. The molecule has 0 amide bonds. The van der Waals surface area contributed by atoms with Crippen LogP contribution in [0.1, 0.15) is 24.3 Å². The Bertz CT molecular complexity index is 422. The molecule has 0 aliphatic carbocycles. The van der Waals surface area contributed by atoms with Gasteiger partial charge in [0.25, 0.3) is 0 Å². The SMILES string of the molecule is O=C1CC(c2cc(P)cc(Cl)c2)CC(=O)O1. The van der Waals surface area contributed by atoms with E-state index in [1.165, 1.54) is 0 Å². The van der Waals surface area contributed by atoms with Gasteiger partial charge in [-0.2, -0.15) is 0 Å². The molecule has 0 spiro atoms. The standard InChI is InChI=1S/C11H10ClO3P/c12-8-1-6(2-9(16)5-8)7-3-10(13)15-11(14)4-7/h1-2,5,7H,3-4,16H2. The van der Waals surface area contributed by atoms with Crippen LogP contribution in [0.2, 0.25) is 5.02 Å². The first-order chi connectivity index (χ1) is 7.54. The van der Waals surface area contributed by atoms with Crippen molar-refractivity contribution in [1.82, 2.24) is 0 Å². The maximum absolute atomic E-state index is 11.1. The molecule has 3 nitrogen and oxygen atoms in total. The first-order valence-corrected chi connectivity index (χ1v) is 5.79. The first-order valence-electron chi connectivity index (χ1n) is 4.84. The van der Waals surface area contributed by atoms with Crippen LogP contribution in [0.15, 0.2) is 18.2 Å². The summed E-state index contributed by atoms with van der Waals surface area (Å²) >= 11 is 5.93.